The lowest BCUT2D eigenvalue weighted by molar-refractivity contribution is -0.161. The minimum absolute atomic E-state index is 0.162. The van der Waals surface area contributed by atoms with Gasteiger partial charge < -0.3 is 25.1 Å². The molecule has 1 aromatic rings. The molecule has 4 heterocycles. The Morgan fingerprint density at radius 3 is 2.53 bits per heavy atom. The van der Waals surface area contributed by atoms with Crippen molar-refractivity contribution in [2.45, 2.75) is 50.3 Å². The van der Waals surface area contributed by atoms with Crippen molar-refractivity contribution in [3.8, 4) is 0 Å². The molecule has 174 valence electrons. The second-order valence-corrected chi connectivity index (χ2v) is 8.78. The number of aliphatic hydroxyl groups is 1. The van der Waals surface area contributed by atoms with Gasteiger partial charge in [-0.3, -0.25) is 19.2 Å². The number of carbonyl (C=O) groups excluding carboxylic acids is 4. The van der Waals surface area contributed by atoms with Gasteiger partial charge in [-0.15, -0.1) is 0 Å². The molecule has 3 aliphatic rings. The van der Waals surface area contributed by atoms with Crippen LogP contribution >= 0.6 is 0 Å². The van der Waals surface area contributed by atoms with E-state index in [2.05, 4.69) is 15.4 Å². The number of rotatable bonds is 6. The molecule has 12 nitrogen and oxygen atoms in total. The fraction of sp³-hybridized carbons (Fsp3) is 0.700. The molecule has 0 bridgehead atoms. The lowest BCUT2D eigenvalue weighted by Gasteiger charge is -2.50. The quantitative estimate of drug-likeness (QED) is 0.486. The van der Waals surface area contributed by atoms with Gasteiger partial charge in [-0.25, -0.2) is 9.67 Å². The molecule has 32 heavy (non-hydrogen) atoms. The van der Waals surface area contributed by atoms with E-state index >= 15 is 0 Å². The van der Waals surface area contributed by atoms with Crippen molar-refractivity contribution in [3.05, 3.63) is 12.2 Å². The van der Waals surface area contributed by atoms with Crippen molar-refractivity contribution in [3.63, 3.8) is 0 Å². The lowest BCUT2D eigenvalue weighted by atomic mass is 9.85. The first kappa shape index (κ1) is 22.2. The van der Waals surface area contributed by atoms with E-state index in [0.717, 1.165) is 12.8 Å². The van der Waals surface area contributed by atoms with E-state index < -0.39 is 23.6 Å². The fourth-order valence-corrected chi connectivity index (χ4v) is 4.87. The van der Waals surface area contributed by atoms with Gasteiger partial charge in [-0.1, -0.05) is 0 Å². The summed E-state index contributed by atoms with van der Waals surface area (Å²) in [4.78, 5) is 59.7. The summed E-state index contributed by atoms with van der Waals surface area (Å²) in [6.07, 6.45) is 3.25. The largest absolute Gasteiger partial charge is 0.391 e. The van der Waals surface area contributed by atoms with Gasteiger partial charge in [0.15, 0.2) is 0 Å². The number of hydrogen-bond acceptors (Lipinski definition) is 7. The average Bonchev–Trinajstić information content (AvgIpc) is 3.51. The highest BCUT2D eigenvalue weighted by molar-refractivity contribution is 6.02. The summed E-state index contributed by atoms with van der Waals surface area (Å²) in [6.45, 7) is 3.12. The van der Waals surface area contributed by atoms with E-state index in [9.17, 15) is 24.3 Å². The average molecular weight is 447 g/mol. The van der Waals surface area contributed by atoms with Crippen molar-refractivity contribution < 1.29 is 24.3 Å². The molecule has 1 aromatic heterocycles. The summed E-state index contributed by atoms with van der Waals surface area (Å²) in [5.41, 5.74) is -0.960. The fourth-order valence-electron chi connectivity index (χ4n) is 4.87. The molecule has 3 atom stereocenters. The van der Waals surface area contributed by atoms with Crippen LogP contribution in [0.15, 0.2) is 6.33 Å². The van der Waals surface area contributed by atoms with Gasteiger partial charge >= 0.3 is 0 Å². The van der Waals surface area contributed by atoms with E-state index in [1.54, 1.807) is 11.9 Å². The summed E-state index contributed by atoms with van der Waals surface area (Å²) in [7, 11) is 1.62. The molecule has 3 fully saturated rings. The van der Waals surface area contributed by atoms with Gasteiger partial charge in [0.05, 0.1) is 19.2 Å². The Balaban J connectivity index is 1.37. The number of aromatic nitrogens is 3. The topological polar surface area (TPSA) is 141 Å². The second-order valence-electron chi connectivity index (χ2n) is 8.78. The summed E-state index contributed by atoms with van der Waals surface area (Å²) < 4.78 is 1.37. The van der Waals surface area contributed by atoms with E-state index in [1.165, 1.54) is 27.7 Å². The Kier molecular flexibility index (Phi) is 5.89. The molecule has 1 unspecified atom stereocenters. The monoisotopic (exact) mass is 447 g/mol. The second kappa shape index (κ2) is 8.49. The standard InChI is InChI=1S/C20H29N7O5/c1-13(28)15(17(30)25-7-3-4-8-25)23-14(29)10-26-11-20(19(26)32)6-5-9-27(20)18(31)16-21-12-22-24(16)2/h12-13,15,28H,3-11H2,1-2H3,(H,23,29)/t13-,15+,20?/m1/s1. The molecule has 0 saturated carbocycles. The lowest BCUT2D eigenvalue weighted by Crippen LogP contribution is -2.74. The minimum atomic E-state index is -1.06. The van der Waals surface area contributed by atoms with Crippen LogP contribution in [0, 0.1) is 0 Å². The van der Waals surface area contributed by atoms with Crippen molar-refractivity contribution in [1.29, 1.82) is 0 Å². The zero-order valence-electron chi connectivity index (χ0n) is 18.4. The van der Waals surface area contributed by atoms with Gasteiger partial charge in [0.1, 0.15) is 17.9 Å². The van der Waals surface area contributed by atoms with E-state index in [0.29, 0.717) is 32.5 Å². The zero-order chi connectivity index (χ0) is 23.0. The van der Waals surface area contributed by atoms with Crippen LogP contribution in [-0.2, 0) is 21.4 Å². The van der Waals surface area contributed by atoms with E-state index in [-0.39, 0.29) is 36.6 Å². The number of aliphatic hydroxyl groups excluding tert-OH is 1. The number of aryl methyl sites for hydroxylation is 1. The normalized spacial score (nSPS) is 24.6. The number of β-lactam (4-membered cyclic amide) rings is 1. The van der Waals surface area contributed by atoms with Crippen LogP contribution in [0.1, 0.15) is 43.2 Å². The van der Waals surface area contributed by atoms with Gasteiger partial charge in [-0.05, 0) is 32.6 Å². The summed E-state index contributed by atoms with van der Waals surface area (Å²) >= 11 is 0. The Bertz CT molecular complexity index is 925. The van der Waals surface area contributed by atoms with Crippen LogP contribution < -0.4 is 5.32 Å². The SMILES string of the molecule is C[C@@H](O)[C@H](NC(=O)CN1CC2(CCCN2C(=O)c2ncnn2C)C1=O)C(=O)N1CCCC1. The van der Waals surface area contributed by atoms with Crippen molar-refractivity contribution in [2.24, 2.45) is 7.05 Å². The molecule has 2 N–H and O–H groups in total. The number of carbonyl (C=O) groups is 4. The molecule has 0 aliphatic carbocycles. The van der Waals surface area contributed by atoms with Crippen LogP contribution in [0.2, 0.25) is 0 Å². The summed E-state index contributed by atoms with van der Waals surface area (Å²) in [5.74, 6) is -1.31. The molecule has 4 amide bonds. The first-order chi connectivity index (χ1) is 15.2. The van der Waals surface area contributed by atoms with Gasteiger partial charge in [0, 0.05) is 26.7 Å². The van der Waals surface area contributed by atoms with Crippen LogP contribution in [0.5, 0.6) is 0 Å². The molecule has 1 spiro atoms. The molecule has 0 aromatic carbocycles. The Morgan fingerprint density at radius 1 is 1.22 bits per heavy atom. The first-order valence-corrected chi connectivity index (χ1v) is 11.0. The molecular weight excluding hydrogens is 418 g/mol. The number of amides is 4. The van der Waals surface area contributed by atoms with Crippen LogP contribution in [0.3, 0.4) is 0 Å². The maximum absolute atomic E-state index is 13.0. The van der Waals surface area contributed by atoms with E-state index in [4.69, 9.17) is 0 Å². The molecule has 4 rings (SSSR count). The van der Waals surface area contributed by atoms with Gasteiger partial charge in [0.25, 0.3) is 11.8 Å². The number of likely N-dealkylation sites (tertiary alicyclic amines) is 3. The van der Waals surface area contributed by atoms with Crippen LogP contribution in [0.25, 0.3) is 0 Å². The first-order valence-electron chi connectivity index (χ1n) is 11.0. The third-order valence-corrected chi connectivity index (χ3v) is 6.59. The number of nitrogens with one attached hydrogen (secondary N) is 1. The highest BCUT2D eigenvalue weighted by Gasteiger charge is 2.60. The number of nitrogens with zero attached hydrogens (tertiary/aromatic N) is 6. The third kappa shape index (κ3) is 3.72. The maximum Gasteiger partial charge on any atom is 0.292 e. The highest BCUT2D eigenvalue weighted by Crippen LogP contribution is 2.39. The smallest absolute Gasteiger partial charge is 0.292 e. The van der Waals surface area contributed by atoms with Crippen molar-refractivity contribution >= 4 is 23.6 Å². The van der Waals surface area contributed by atoms with Crippen molar-refractivity contribution in [1.82, 2.24) is 34.8 Å². The van der Waals surface area contributed by atoms with Crippen molar-refractivity contribution in [2.75, 3.05) is 32.7 Å². The molecule has 3 aliphatic heterocycles. The van der Waals surface area contributed by atoms with Crippen LogP contribution in [0.4, 0.5) is 0 Å². The number of hydrogen-bond donors (Lipinski definition) is 2. The predicted molar refractivity (Wildman–Crippen MR) is 110 cm³/mol. The predicted octanol–water partition coefficient (Wildman–Crippen LogP) is -1.88. The molecule has 12 heteroatoms. The van der Waals surface area contributed by atoms with Crippen LogP contribution in [-0.4, -0.2) is 109 Å². The summed E-state index contributed by atoms with van der Waals surface area (Å²) in [6, 6.07) is -1.05. The maximum atomic E-state index is 13.0. The third-order valence-electron chi connectivity index (χ3n) is 6.59. The Morgan fingerprint density at radius 2 is 1.94 bits per heavy atom. The Labute approximate surface area is 185 Å². The van der Waals surface area contributed by atoms with E-state index in [1.807, 2.05) is 0 Å². The molecular formula is C20H29N7O5. The molecule has 0 radical (unpaired) electrons. The summed E-state index contributed by atoms with van der Waals surface area (Å²) in [5, 5.41) is 16.5. The van der Waals surface area contributed by atoms with Gasteiger partial charge in [0.2, 0.25) is 17.6 Å². The zero-order valence-corrected chi connectivity index (χ0v) is 18.4. The Hall–Kier alpha value is -3.02. The highest BCUT2D eigenvalue weighted by atomic mass is 16.3. The minimum Gasteiger partial charge on any atom is -0.391 e. The van der Waals surface area contributed by atoms with Gasteiger partial charge in [-0.2, -0.15) is 5.10 Å². The molecule has 3 saturated heterocycles.